The Hall–Kier alpha value is -3.34. The molecule has 5 heteroatoms. The average molecular weight is 334 g/mol. The first-order chi connectivity index (χ1) is 12.2. The molecule has 0 spiro atoms. The smallest absolute Gasteiger partial charge is 0.338 e. The second-order valence-electron chi connectivity index (χ2n) is 5.44. The van der Waals surface area contributed by atoms with Gasteiger partial charge in [0.05, 0.1) is 12.7 Å². The minimum Gasteiger partial charge on any atom is -0.489 e. The highest BCUT2D eigenvalue weighted by Crippen LogP contribution is 2.27. The molecule has 1 aromatic heterocycles. The number of pyridine rings is 1. The second-order valence-corrected chi connectivity index (χ2v) is 5.44. The number of nitrogens with two attached hydrogens (primary N) is 1. The van der Waals surface area contributed by atoms with Crippen molar-refractivity contribution in [1.29, 1.82) is 0 Å². The van der Waals surface area contributed by atoms with Crippen LogP contribution >= 0.6 is 0 Å². The third-order valence-corrected chi connectivity index (χ3v) is 3.74. The van der Waals surface area contributed by atoms with Crippen LogP contribution in [-0.4, -0.2) is 18.1 Å². The van der Waals surface area contributed by atoms with Gasteiger partial charge in [0.25, 0.3) is 0 Å². The molecular formula is C20H18N2O3. The van der Waals surface area contributed by atoms with Gasteiger partial charge in [0.1, 0.15) is 18.2 Å². The Morgan fingerprint density at radius 1 is 1.08 bits per heavy atom. The first-order valence-electron chi connectivity index (χ1n) is 7.78. The van der Waals surface area contributed by atoms with E-state index in [0.717, 1.165) is 16.9 Å². The van der Waals surface area contributed by atoms with Crippen LogP contribution in [0.2, 0.25) is 0 Å². The van der Waals surface area contributed by atoms with E-state index in [1.54, 1.807) is 6.20 Å². The Bertz CT molecular complexity index is 862. The second kappa shape index (κ2) is 7.49. The molecule has 0 bridgehead atoms. The van der Waals surface area contributed by atoms with E-state index < -0.39 is 5.97 Å². The van der Waals surface area contributed by atoms with Crippen LogP contribution in [0.15, 0.2) is 66.9 Å². The topological polar surface area (TPSA) is 74.4 Å². The summed E-state index contributed by atoms with van der Waals surface area (Å²) in [6.45, 7) is 0.497. The van der Waals surface area contributed by atoms with E-state index in [4.69, 9.17) is 15.2 Å². The standard InChI is InChI=1S/C20H18N2O3/c1-24-20(23)17-11-19(21)22-12-18(17)15-7-9-16(10-8-15)25-13-14-5-3-2-4-6-14/h2-12H,13H2,1H3,(H2,21,22). The van der Waals surface area contributed by atoms with Crippen LogP contribution in [0.4, 0.5) is 5.82 Å². The molecule has 2 aromatic carbocycles. The molecule has 0 aliphatic carbocycles. The van der Waals surface area contributed by atoms with Gasteiger partial charge < -0.3 is 15.2 Å². The molecule has 25 heavy (non-hydrogen) atoms. The number of hydrogen-bond acceptors (Lipinski definition) is 5. The normalized spacial score (nSPS) is 10.3. The van der Waals surface area contributed by atoms with Gasteiger partial charge in [-0.3, -0.25) is 0 Å². The molecule has 5 nitrogen and oxygen atoms in total. The van der Waals surface area contributed by atoms with Crippen molar-refractivity contribution in [1.82, 2.24) is 4.98 Å². The minimum absolute atomic E-state index is 0.270. The summed E-state index contributed by atoms with van der Waals surface area (Å²) in [5, 5.41) is 0. The zero-order valence-corrected chi connectivity index (χ0v) is 13.8. The van der Waals surface area contributed by atoms with Gasteiger partial charge in [-0.25, -0.2) is 9.78 Å². The zero-order valence-electron chi connectivity index (χ0n) is 13.8. The molecule has 0 fully saturated rings. The molecular weight excluding hydrogens is 316 g/mol. The molecule has 3 rings (SSSR count). The highest BCUT2D eigenvalue weighted by molar-refractivity contribution is 5.97. The van der Waals surface area contributed by atoms with E-state index in [1.807, 2.05) is 54.6 Å². The minimum atomic E-state index is -0.450. The maximum absolute atomic E-state index is 12.0. The lowest BCUT2D eigenvalue weighted by atomic mass is 10.0. The van der Waals surface area contributed by atoms with Crippen molar-refractivity contribution >= 4 is 11.8 Å². The predicted molar refractivity (Wildman–Crippen MR) is 96.2 cm³/mol. The molecule has 0 amide bonds. The maximum Gasteiger partial charge on any atom is 0.338 e. The largest absolute Gasteiger partial charge is 0.489 e. The van der Waals surface area contributed by atoms with Crippen molar-refractivity contribution in [3.63, 3.8) is 0 Å². The SMILES string of the molecule is COC(=O)c1cc(N)ncc1-c1ccc(OCc2ccccc2)cc1. The van der Waals surface area contributed by atoms with Gasteiger partial charge in [-0.05, 0) is 29.3 Å². The molecule has 0 aliphatic heterocycles. The van der Waals surface area contributed by atoms with Gasteiger partial charge >= 0.3 is 5.97 Å². The van der Waals surface area contributed by atoms with Crippen LogP contribution in [0.3, 0.4) is 0 Å². The number of anilines is 1. The van der Waals surface area contributed by atoms with E-state index in [1.165, 1.54) is 13.2 Å². The van der Waals surface area contributed by atoms with Crippen molar-refractivity contribution < 1.29 is 14.3 Å². The van der Waals surface area contributed by atoms with Gasteiger partial charge in [-0.15, -0.1) is 0 Å². The van der Waals surface area contributed by atoms with Crippen molar-refractivity contribution in [3.8, 4) is 16.9 Å². The summed E-state index contributed by atoms with van der Waals surface area (Å²) in [6, 6.07) is 18.9. The van der Waals surface area contributed by atoms with Crippen molar-refractivity contribution in [3.05, 3.63) is 78.0 Å². The number of benzene rings is 2. The summed E-state index contributed by atoms with van der Waals surface area (Å²) in [7, 11) is 1.34. The van der Waals surface area contributed by atoms with Gasteiger partial charge in [0.15, 0.2) is 0 Å². The third-order valence-electron chi connectivity index (χ3n) is 3.74. The van der Waals surface area contributed by atoms with E-state index in [0.29, 0.717) is 17.7 Å². The lowest BCUT2D eigenvalue weighted by Crippen LogP contribution is -2.06. The highest BCUT2D eigenvalue weighted by atomic mass is 16.5. The summed E-state index contributed by atoms with van der Waals surface area (Å²) in [6.07, 6.45) is 1.57. The fourth-order valence-electron chi connectivity index (χ4n) is 2.45. The molecule has 0 aliphatic rings. The van der Waals surface area contributed by atoms with Crippen LogP contribution in [0.1, 0.15) is 15.9 Å². The Kier molecular flexibility index (Phi) is 4.95. The number of carbonyl (C=O) groups excluding carboxylic acids is 1. The molecule has 0 atom stereocenters. The van der Waals surface area contributed by atoms with E-state index in [2.05, 4.69) is 4.98 Å². The molecule has 0 radical (unpaired) electrons. The van der Waals surface area contributed by atoms with Crippen LogP contribution in [0.5, 0.6) is 5.75 Å². The van der Waals surface area contributed by atoms with E-state index >= 15 is 0 Å². The third kappa shape index (κ3) is 3.95. The Balaban J connectivity index is 1.80. The van der Waals surface area contributed by atoms with Gasteiger partial charge in [-0.2, -0.15) is 0 Å². The fraction of sp³-hybridized carbons (Fsp3) is 0.100. The number of ether oxygens (including phenoxy) is 2. The van der Waals surface area contributed by atoms with Crippen LogP contribution in [-0.2, 0) is 11.3 Å². The molecule has 0 unspecified atom stereocenters. The molecule has 0 saturated carbocycles. The van der Waals surface area contributed by atoms with Crippen molar-refractivity contribution in [2.45, 2.75) is 6.61 Å². The first kappa shape index (κ1) is 16.5. The lowest BCUT2D eigenvalue weighted by molar-refractivity contribution is 0.0601. The van der Waals surface area contributed by atoms with Gasteiger partial charge in [0, 0.05) is 11.8 Å². The van der Waals surface area contributed by atoms with Crippen LogP contribution < -0.4 is 10.5 Å². The van der Waals surface area contributed by atoms with Gasteiger partial charge in [-0.1, -0.05) is 42.5 Å². The molecule has 2 N–H and O–H groups in total. The summed E-state index contributed by atoms with van der Waals surface area (Å²) in [5.74, 6) is 0.566. The number of methoxy groups -OCH3 is 1. The summed E-state index contributed by atoms with van der Waals surface area (Å²) < 4.78 is 10.6. The van der Waals surface area contributed by atoms with E-state index in [-0.39, 0.29) is 5.82 Å². The first-order valence-corrected chi connectivity index (χ1v) is 7.78. The number of nitrogens with zero attached hydrogens (tertiary/aromatic N) is 1. The summed E-state index contributed by atoms with van der Waals surface area (Å²) >= 11 is 0. The number of esters is 1. The fourth-order valence-corrected chi connectivity index (χ4v) is 2.45. The molecule has 3 aromatic rings. The van der Waals surface area contributed by atoms with Crippen LogP contribution in [0.25, 0.3) is 11.1 Å². The quantitative estimate of drug-likeness (QED) is 0.720. The molecule has 126 valence electrons. The summed E-state index contributed by atoms with van der Waals surface area (Å²) in [4.78, 5) is 16.0. The number of rotatable bonds is 5. The Labute approximate surface area is 146 Å². The predicted octanol–water partition coefficient (Wildman–Crippen LogP) is 3.70. The van der Waals surface area contributed by atoms with E-state index in [9.17, 15) is 4.79 Å². The number of carbonyl (C=O) groups is 1. The lowest BCUT2D eigenvalue weighted by Gasteiger charge is -2.10. The van der Waals surface area contributed by atoms with Crippen molar-refractivity contribution in [2.75, 3.05) is 12.8 Å². The number of aromatic nitrogens is 1. The Morgan fingerprint density at radius 3 is 2.48 bits per heavy atom. The van der Waals surface area contributed by atoms with Gasteiger partial charge in [0.2, 0.25) is 0 Å². The zero-order chi connectivity index (χ0) is 17.6. The highest BCUT2D eigenvalue weighted by Gasteiger charge is 2.14. The number of hydrogen-bond donors (Lipinski definition) is 1. The Morgan fingerprint density at radius 2 is 1.80 bits per heavy atom. The average Bonchev–Trinajstić information content (AvgIpc) is 2.67. The maximum atomic E-state index is 12.0. The molecule has 0 saturated heterocycles. The summed E-state index contributed by atoms with van der Waals surface area (Å²) in [5.41, 5.74) is 8.66. The monoisotopic (exact) mass is 334 g/mol. The van der Waals surface area contributed by atoms with Crippen molar-refractivity contribution in [2.24, 2.45) is 0 Å². The van der Waals surface area contributed by atoms with Crippen LogP contribution in [0, 0.1) is 0 Å². The number of nitrogen functional groups attached to an aromatic ring is 1. The molecule has 1 heterocycles.